The molecular weight excluding hydrogens is 386 g/mol. The molecule has 3 aromatic carbocycles. The summed E-state index contributed by atoms with van der Waals surface area (Å²) in [4.78, 5) is 4.59. The Morgan fingerprint density at radius 1 is 0.857 bits per heavy atom. The van der Waals surface area contributed by atoms with Crippen molar-refractivity contribution in [3.8, 4) is 22.4 Å². The number of nitrogens with zero attached hydrogens (tertiary/aromatic N) is 2. The molecule has 0 spiro atoms. The molecule has 1 aromatic heterocycles. The topological polar surface area (TPSA) is 37.3 Å². The average molecular weight is 404 g/mol. The van der Waals surface area contributed by atoms with E-state index in [-0.39, 0.29) is 0 Å². The molecule has 0 aliphatic rings. The summed E-state index contributed by atoms with van der Waals surface area (Å²) in [6.07, 6.45) is 0. The number of hydrazone groups is 1. The number of aromatic nitrogens is 1. The molecular formula is C23H18ClN3S. The Hall–Kier alpha value is -2.95. The fourth-order valence-electron chi connectivity index (χ4n) is 2.81. The van der Waals surface area contributed by atoms with Gasteiger partial charge in [-0.05, 0) is 35.7 Å². The van der Waals surface area contributed by atoms with Crippen LogP contribution in [0.15, 0.2) is 89.3 Å². The number of hydrogen-bond donors (Lipinski definition) is 1. The van der Waals surface area contributed by atoms with E-state index in [0.29, 0.717) is 0 Å². The second-order valence-corrected chi connectivity index (χ2v) is 7.59. The van der Waals surface area contributed by atoms with E-state index >= 15 is 0 Å². The van der Waals surface area contributed by atoms with Gasteiger partial charge < -0.3 is 0 Å². The highest BCUT2D eigenvalue weighted by atomic mass is 35.5. The summed E-state index contributed by atoms with van der Waals surface area (Å²) in [5, 5.41) is 7.96. The van der Waals surface area contributed by atoms with Crippen molar-refractivity contribution in [3.63, 3.8) is 0 Å². The molecule has 28 heavy (non-hydrogen) atoms. The molecule has 4 aromatic rings. The molecule has 0 fully saturated rings. The number of hydrogen-bond acceptors (Lipinski definition) is 4. The smallest absolute Gasteiger partial charge is 0.203 e. The lowest BCUT2D eigenvalue weighted by atomic mass is 10.0. The first-order valence-electron chi connectivity index (χ1n) is 8.87. The monoisotopic (exact) mass is 403 g/mol. The van der Waals surface area contributed by atoms with E-state index in [0.717, 1.165) is 32.7 Å². The van der Waals surface area contributed by atoms with Gasteiger partial charge >= 0.3 is 0 Å². The van der Waals surface area contributed by atoms with E-state index in [2.05, 4.69) is 51.9 Å². The molecule has 138 valence electrons. The van der Waals surface area contributed by atoms with Crippen LogP contribution < -0.4 is 5.43 Å². The lowest BCUT2D eigenvalue weighted by molar-refractivity contribution is 1.27. The molecule has 0 atom stereocenters. The molecule has 1 N–H and O–H groups in total. The Balaban J connectivity index is 1.45. The number of rotatable bonds is 5. The van der Waals surface area contributed by atoms with Gasteiger partial charge in [0.15, 0.2) is 0 Å². The van der Waals surface area contributed by atoms with Crippen molar-refractivity contribution in [2.45, 2.75) is 6.92 Å². The Morgan fingerprint density at radius 2 is 1.50 bits per heavy atom. The van der Waals surface area contributed by atoms with Crippen molar-refractivity contribution >= 4 is 33.8 Å². The molecule has 0 amide bonds. The van der Waals surface area contributed by atoms with E-state index < -0.39 is 0 Å². The molecule has 5 heteroatoms. The number of anilines is 1. The molecule has 0 aliphatic carbocycles. The first kappa shape index (κ1) is 18.4. The van der Waals surface area contributed by atoms with Crippen LogP contribution >= 0.6 is 22.9 Å². The summed E-state index contributed by atoms with van der Waals surface area (Å²) >= 11 is 7.47. The van der Waals surface area contributed by atoms with Crippen LogP contribution in [0.1, 0.15) is 12.5 Å². The minimum Gasteiger partial charge on any atom is -0.252 e. The molecule has 0 aliphatic heterocycles. The molecule has 0 saturated carbocycles. The molecule has 3 nitrogen and oxygen atoms in total. The molecule has 0 unspecified atom stereocenters. The van der Waals surface area contributed by atoms with Crippen molar-refractivity contribution in [3.05, 3.63) is 94.8 Å². The third-order valence-electron chi connectivity index (χ3n) is 4.37. The second-order valence-electron chi connectivity index (χ2n) is 6.30. The zero-order valence-corrected chi connectivity index (χ0v) is 16.8. The number of thiazole rings is 1. The van der Waals surface area contributed by atoms with Crippen LogP contribution in [-0.2, 0) is 0 Å². The Kier molecular flexibility index (Phi) is 5.51. The lowest BCUT2D eigenvalue weighted by Gasteiger charge is -2.05. The standard InChI is InChI=1S/C23H18ClN3S/c1-16(17-7-9-19(10-8-17)18-5-3-2-4-6-18)26-27-23-25-22(15-28-23)20-11-13-21(24)14-12-20/h2-15H,1H3,(H,25,27). The highest BCUT2D eigenvalue weighted by Gasteiger charge is 2.05. The quantitative estimate of drug-likeness (QED) is 0.288. The number of nitrogens with one attached hydrogen (secondary N) is 1. The van der Waals surface area contributed by atoms with Crippen LogP contribution in [-0.4, -0.2) is 10.7 Å². The number of halogens is 1. The van der Waals surface area contributed by atoms with E-state index in [1.807, 2.05) is 54.8 Å². The highest BCUT2D eigenvalue weighted by Crippen LogP contribution is 2.26. The van der Waals surface area contributed by atoms with Gasteiger partial charge in [-0.2, -0.15) is 5.10 Å². The normalized spacial score (nSPS) is 11.4. The molecule has 0 radical (unpaired) electrons. The summed E-state index contributed by atoms with van der Waals surface area (Å²) in [7, 11) is 0. The van der Waals surface area contributed by atoms with E-state index in [4.69, 9.17) is 11.6 Å². The summed E-state index contributed by atoms with van der Waals surface area (Å²) in [5.41, 5.74) is 9.38. The highest BCUT2D eigenvalue weighted by molar-refractivity contribution is 7.14. The zero-order chi connectivity index (χ0) is 19.3. The Labute approximate surface area is 173 Å². The third-order valence-corrected chi connectivity index (χ3v) is 5.37. The maximum absolute atomic E-state index is 5.94. The average Bonchev–Trinajstić information content (AvgIpc) is 3.22. The van der Waals surface area contributed by atoms with Crippen LogP contribution in [0.5, 0.6) is 0 Å². The minimum atomic E-state index is 0.718. The van der Waals surface area contributed by atoms with Crippen LogP contribution in [0.25, 0.3) is 22.4 Å². The molecule has 0 saturated heterocycles. The van der Waals surface area contributed by atoms with Crippen molar-refractivity contribution in [1.82, 2.24) is 4.98 Å². The van der Waals surface area contributed by atoms with Gasteiger partial charge in [0.2, 0.25) is 5.13 Å². The Bertz CT molecular complexity index is 1080. The van der Waals surface area contributed by atoms with Crippen molar-refractivity contribution < 1.29 is 0 Å². The molecule has 1 heterocycles. The largest absolute Gasteiger partial charge is 0.252 e. The van der Waals surface area contributed by atoms with Gasteiger partial charge in [-0.15, -0.1) is 11.3 Å². The fraction of sp³-hybridized carbons (Fsp3) is 0.0435. The third kappa shape index (κ3) is 4.30. The fourth-order valence-corrected chi connectivity index (χ4v) is 3.60. The summed E-state index contributed by atoms with van der Waals surface area (Å²) in [6.45, 7) is 1.98. The van der Waals surface area contributed by atoms with E-state index in [1.165, 1.54) is 22.5 Å². The summed E-state index contributed by atoms with van der Waals surface area (Å²) in [6, 6.07) is 26.4. The van der Waals surface area contributed by atoms with Gasteiger partial charge in [0, 0.05) is 16.0 Å². The van der Waals surface area contributed by atoms with E-state index in [1.54, 1.807) is 0 Å². The van der Waals surface area contributed by atoms with Crippen LogP contribution in [0.3, 0.4) is 0 Å². The second kappa shape index (κ2) is 8.38. The Morgan fingerprint density at radius 3 is 2.21 bits per heavy atom. The first-order valence-corrected chi connectivity index (χ1v) is 10.1. The van der Waals surface area contributed by atoms with Crippen molar-refractivity contribution in [1.29, 1.82) is 0 Å². The van der Waals surface area contributed by atoms with Gasteiger partial charge in [-0.25, -0.2) is 4.98 Å². The molecule has 4 rings (SSSR count). The van der Waals surface area contributed by atoms with Crippen LogP contribution in [0.4, 0.5) is 5.13 Å². The first-order chi connectivity index (χ1) is 13.7. The lowest BCUT2D eigenvalue weighted by Crippen LogP contribution is -1.99. The van der Waals surface area contributed by atoms with Crippen LogP contribution in [0, 0.1) is 0 Å². The minimum absolute atomic E-state index is 0.718. The van der Waals surface area contributed by atoms with Gasteiger partial charge in [0.1, 0.15) is 0 Å². The summed E-state index contributed by atoms with van der Waals surface area (Å²) < 4.78 is 0. The van der Waals surface area contributed by atoms with E-state index in [9.17, 15) is 0 Å². The molecule has 0 bridgehead atoms. The maximum atomic E-state index is 5.94. The van der Waals surface area contributed by atoms with Gasteiger partial charge in [0.25, 0.3) is 0 Å². The maximum Gasteiger partial charge on any atom is 0.203 e. The van der Waals surface area contributed by atoms with Crippen molar-refractivity contribution in [2.24, 2.45) is 5.10 Å². The van der Waals surface area contributed by atoms with Crippen LogP contribution in [0.2, 0.25) is 5.02 Å². The number of benzene rings is 3. The van der Waals surface area contributed by atoms with Crippen molar-refractivity contribution in [2.75, 3.05) is 5.43 Å². The predicted molar refractivity (Wildman–Crippen MR) is 120 cm³/mol. The van der Waals surface area contributed by atoms with Gasteiger partial charge in [-0.3, -0.25) is 5.43 Å². The van der Waals surface area contributed by atoms with Gasteiger partial charge in [0.05, 0.1) is 11.4 Å². The predicted octanol–water partition coefficient (Wildman–Crippen LogP) is 6.97. The van der Waals surface area contributed by atoms with Gasteiger partial charge in [-0.1, -0.05) is 78.3 Å². The SMILES string of the molecule is CC(=NNc1nc(-c2ccc(Cl)cc2)cs1)c1ccc(-c2ccccc2)cc1. The zero-order valence-electron chi connectivity index (χ0n) is 15.3. The summed E-state index contributed by atoms with van der Waals surface area (Å²) in [5.74, 6) is 0.